The first-order valence-electron chi connectivity index (χ1n) is 45.7. The fourth-order valence-electron chi connectivity index (χ4n) is 15.2. The van der Waals surface area contributed by atoms with Gasteiger partial charge in [-0.15, -0.1) is 0 Å². The molecule has 0 spiro atoms. The molecular weight excluding hydrogens is 1410 g/mol. The number of ether oxygens (including phenoxy) is 6. The van der Waals surface area contributed by atoms with Crippen LogP contribution in [0.15, 0.2) is 72.9 Å². The fourth-order valence-corrected chi connectivity index (χ4v) is 15.2. The number of hydrogen-bond acceptors (Lipinski definition) is 18. The van der Waals surface area contributed by atoms with Crippen molar-refractivity contribution in [1.29, 1.82) is 0 Å². The zero-order valence-corrected chi connectivity index (χ0v) is 69.9. The summed E-state index contributed by atoms with van der Waals surface area (Å²) in [5, 5.41) is 121. The molecule has 0 aromatic carbocycles. The molecule has 3 heterocycles. The lowest BCUT2D eigenvalue weighted by Gasteiger charge is -2.48. The van der Waals surface area contributed by atoms with Gasteiger partial charge in [0.25, 0.3) is 0 Å². The number of rotatable bonds is 74. The number of unbranched alkanes of at least 4 members (excludes halogenated alkanes) is 48. The Labute approximate surface area is 674 Å². The Hall–Kier alpha value is -2.77. The van der Waals surface area contributed by atoms with Gasteiger partial charge in [-0.2, -0.15) is 0 Å². The van der Waals surface area contributed by atoms with Crippen LogP contribution in [-0.2, 0) is 33.2 Å². The first-order chi connectivity index (χ1) is 54.3. The Morgan fingerprint density at radius 2 is 0.604 bits per heavy atom. The molecule has 0 radical (unpaired) electrons. The number of nitrogens with one attached hydrogen (secondary N) is 1. The molecule has 3 aliphatic rings. The van der Waals surface area contributed by atoms with E-state index >= 15 is 0 Å². The van der Waals surface area contributed by atoms with Crippen molar-refractivity contribution < 1.29 is 89.4 Å². The molecule has 1 amide bonds. The number of amides is 1. The lowest BCUT2D eigenvalue weighted by Crippen LogP contribution is -2.66. The molecule has 3 aliphatic heterocycles. The van der Waals surface area contributed by atoms with Gasteiger partial charge in [-0.25, -0.2) is 0 Å². The summed E-state index contributed by atoms with van der Waals surface area (Å²) in [6.07, 6.45) is 69.2. The van der Waals surface area contributed by atoms with E-state index in [1.165, 1.54) is 283 Å². The minimum atomic E-state index is -1.99. The van der Waals surface area contributed by atoms with Crippen molar-refractivity contribution in [1.82, 2.24) is 5.32 Å². The van der Waals surface area contributed by atoms with Crippen LogP contribution >= 0.6 is 0 Å². The van der Waals surface area contributed by atoms with Gasteiger partial charge in [-0.1, -0.05) is 356 Å². The predicted octanol–water partition coefficient (Wildman–Crippen LogP) is 17.5. The third kappa shape index (κ3) is 49.9. The third-order valence-corrected chi connectivity index (χ3v) is 22.5. The van der Waals surface area contributed by atoms with Gasteiger partial charge in [0.1, 0.15) is 73.2 Å². The summed E-state index contributed by atoms with van der Waals surface area (Å²) < 4.78 is 34.5. The summed E-state index contributed by atoms with van der Waals surface area (Å²) in [5.74, 6) is -0.285. The van der Waals surface area contributed by atoms with Crippen molar-refractivity contribution in [3.05, 3.63) is 72.9 Å². The van der Waals surface area contributed by atoms with Gasteiger partial charge in [-0.05, 0) is 83.5 Å². The number of aliphatic hydroxyl groups is 11. The molecule has 19 nitrogen and oxygen atoms in total. The van der Waals surface area contributed by atoms with Crippen LogP contribution in [0.1, 0.15) is 373 Å². The van der Waals surface area contributed by atoms with Crippen molar-refractivity contribution in [3.8, 4) is 0 Å². The number of carbonyl (C=O) groups is 1. The number of allylic oxidation sites excluding steroid dienone is 11. The van der Waals surface area contributed by atoms with Crippen LogP contribution in [0.3, 0.4) is 0 Å². The first kappa shape index (κ1) is 102. The van der Waals surface area contributed by atoms with Crippen LogP contribution in [0.25, 0.3) is 0 Å². The maximum atomic E-state index is 13.5. The largest absolute Gasteiger partial charge is 0.394 e. The minimum absolute atomic E-state index is 0.232. The second kappa shape index (κ2) is 71.3. The van der Waals surface area contributed by atoms with E-state index in [1.807, 2.05) is 6.08 Å². The number of carbonyl (C=O) groups excluding carboxylic acids is 1. The smallest absolute Gasteiger partial charge is 0.220 e. The Bertz CT molecular complexity index is 2280. The second-order valence-electron chi connectivity index (χ2n) is 32.4. The van der Waals surface area contributed by atoms with E-state index in [9.17, 15) is 61.0 Å². The SMILES string of the molecule is CCCCCCC/C=C\C/C=C\C/C=C\CCCCCCCCCCCCCCCCCCCCCCC(=O)NC(COC1OC(CO)C(OC2OC(CO)C(OC3OC(CO)C(O)C(O)C3O)C(O)C2O)C(O)C1O)C(O)/C=C/CC/C=C/CC/C=C/CCCCCCCCCCCCCCCCCCCCCCC. The van der Waals surface area contributed by atoms with Crippen molar-refractivity contribution in [2.24, 2.45) is 0 Å². The van der Waals surface area contributed by atoms with Crippen LogP contribution in [-0.4, -0.2) is 193 Å². The molecule has 111 heavy (non-hydrogen) atoms. The molecule has 648 valence electrons. The zero-order chi connectivity index (χ0) is 80.3. The lowest BCUT2D eigenvalue weighted by atomic mass is 9.96. The highest BCUT2D eigenvalue weighted by Gasteiger charge is 2.54. The molecule has 3 fully saturated rings. The molecule has 0 bridgehead atoms. The quantitative estimate of drug-likeness (QED) is 0.0199. The average molecular weight is 1580 g/mol. The summed E-state index contributed by atoms with van der Waals surface area (Å²) >= 11 is 0. The molecule has 0 aliphatic carbocycles. The highest BCUT2D eigenvalue weighted by Crippen LogP contribution is 2.34. The highest BCUT2D eigenvalue weighted by molar-refractivity contribution is 5.76. The average Bonchev–Trinajstić information content (AvgIpc) is 0.780. The summed E-state index contributed by atoms with van der Waals surface area (Å²) in [5.41, 5.74) is 0. The molecule has 0 aromatic rings. The maximum absolute atomic E-state index is 13.5. The van der Waals surface area contributed by atoms with E-state index in [0.717, 1.165) is 57.8 Å². The van der Waals surface area contributed by atoms with Gasteiger partial charge in [0.15, 0.2) is 18.9 Å². The van der Waals surface area contributed by atoms with Gasteiger partial charge >= 0.3 is 0 Å². The Kier molecular flexibility index (Phi) is 65.8. The van der Waals surface area contributed by atoms with E-state index in [4.69, 9.17) is 28.4 Å². The van der Waals surface area contributed by atoms with Crippen molar-refractivity contribution in [3.63, 3.8) is 0 Å². The summed E-state index contributed by atoms with van der Waals surface area (Å²) in [7, 11) is 0. The van der Waals surface area contributed by atoms with E-state index in [0.29, 0.717) is 12.8 Å². The second-order valence-corrected chi connectivity index (χ2v) is 32.4. The molecule has 17 atom stereocenters. The van der Waals surface area contributed by atoms with E-state index in [1.54, 1.807) is 6.08 Å². The molecule has 0 saturated carbocycles. The molecular formula is C92H167NO18. The fraction of sp³-hybridized carbons (Fsp3) is 0.859. The van der Waals surface area contributed by atoms with Gasteiger partial charge in [0, 0.05) is 6.42 Å². The Morgan fingerprint density at radius 1 is 0.324 bits per heavy atom. The van der Waals surface area contributed by atoms with E-state index in [-0.39, 0.29) is 18.9 Å². The Balaban J connectivity index is 1.34. The zero-order valence-electron chi connectivity index (χ0n) is 69.9. The highest BCUT2D eigenvalue weighted by atomic mass is 16.8. The van der Waals surface area contributed by atoms with Gasteiger partial charge in [0.2, 0.25) is 5.91 Å². The summed E-state index contributed by atoms with van der Waals surface area (Å²) in [4.78, 5) is 13.5. The van der Waals surface area contributed by atoms with Crippen LogP contribution in [0.4, 0.5) is 0 Å². The van der Waals surface area contributed by atoms with Gasteiger partial charge in [0.05, 0.1) is 38.6 Å². The topological polar surface area (TPSA) is 307 Å². The van der Waals surface area contributed by atoms with Crippen LogP contribution in [0.2, 0.25) is 0 Å². The molecule has 3 rings (SSSR count). The third-order valence-electron chi connectivity index (χ3n) is 22.5. The lowest BCUT2D eigenvalue weighted by molar-refractivity contribution is -0.379. The van der Waals surface area contributed by atoms with E-state index in [2.05, 4.69) is 79.9 Å². The molecule has 17 unspecified atom stereocenters. The van der Waals surface area contributed by atoms with Crippen molar-refractivity contribution in [2.45, 2.75) is 478 Å². The minimum Gasteiger partial charge on any atom is -0.394 e. The monoisotopic (exact) mass is 1570 g/mol. The predicted molar refractivity (Wildman–Crippen MR) is 448 cm³/mol. The summed E-state index contributed by atoms with van der Waals surface area (Å²) in [6, 6.07) is -1.00. The van der Waals surface area contributed by atoms with Crippen molar-refractivity contribution in [2.75, 3.05) is 26.4 Å². The first-order valence-corrected chi connectivity index (χ1v) is 45.7. The van der Waals surface area contributed by atoms with Crippen molar-refractivity contribution >= 4 is 5.91 Å². The van der Waals surface area contributed by atoms with Crippen LogP contribution in [0.5, 0.6) is 0 Å². The molecule has 12 N–H and O–H groups in total. The number of hydrogen-bond donors (Lipinski definition) is 12. The maximum Gasteiger partial charge on any atom is 0.220 e. The normalized spacial score (nSPS) is 25.4. The molecule has 3 saturated heterocycles. The Morgan fingerprint density at radius 3 is 0.964 bits per heavy atom. The van der Waals surface area contributed by atoms with Gasteiger partial charge in [-0.3, -0.25) is 4.79 Å². The van der Waals surface area contributed by atoms with E-state index < -0.39 is 124 Å². The number of aliphatic hydroxyl groups excluding tert-OH is 11. The van der Waals surface area contributed by atoms with Gasteiger partial charge < -0.3 is 89.9 Å². The van der Waals surface area contributed by atoms with Crippen LogP contribution in [0, 0.1) is 0 Å². The standard InChI is InChI=1S/C92H167NO18/c1-3-5-7-9-11-13-15-17-19-21-23-25-27-29-31-33-35-36-37-38-40-42-44-46-48-50-52-54-56-58-60-62-64-66-68-70-80(98)93-75(76(97)69-67-65-63-61-59-57-55-53-51-49-47-45-43-41-39-34-32-30-28-26-24-22-20-18-16-14-12-10-8-6-4-2)74-106-90-86(104)83(101)88(78(72-95)108-90)111-92-87(105)84(102)89(79(73-96)109-92)110-91-85(103)82(100)81(99)77(71-94)107-91/h15,17,21,23,27,29,51,53,59,61,67,69,75-79,81-92,94-97,99-105H,3-14,16,18-20,22,24-26,28,30-50,52,54-58,60,62-66,68,70-74H2,1-2H3,(H,93,98)/b17-15-,23-21-,29-27-,53-51+,61-59+,69-67+. The molecule has 0 aromatic heterocycles. The van der Waals surface area contributed by atoms with Crippen LogP contribution < -0.4 is 5.32 Å². The molecule has 19 heteroatoms. The summed E-state index contributed by atoms with van der Waals surface area (Å²) in [6.45, 7) is 1.75.